The van der Waals surface area contributed by atoms with Crippen LogP contribution in [0.5, 0.6) is 0 Å². The molecule has 0 bridgehead atoms. The lowest BCUT2D eigenvalue weighted by atomic mass is 9.93. The van der Waals surface area contributed by atoms with Crippen molar-refractivity contribution in [3.05, 3.63) is 65.5 Å². The average Bonchev–Trinajstić information content (AvgIpc) is 2.66. The van der Waals surface area contributed by atoms with Crippen LogP contribution in [0.1, 0.15) is 35.6 Å². The number of pyridine rings is 1. The van der Waals surface area contributed by atoms with Crippen LogP contribution in [0.3, 0.4) is 0 Å². The fourth-order valence-corrected chi connectivity index (χ4v) is 3.11. The maximum Gasteiger partial charge on any atom is 0.416 e. The third kappa shape index (κ3) is 4.60. The van der Waals surface area contributed by atoms with Gasteiger partial charge in [0.1, 0.15) is 5.84 Å². The smallest absolute Gasteiger partial charge is 0.383 e. The highest BCUT2D eigenvalue weighted by Gasteiger charge is 2.30. The Morgan fingerprint density at radius 2 is 1.92 bits per heavy atom. The molecule has 1 fully saturated rings. The summed E-state index contributed by atoms with van der Waals surface area (Å²) in [6, 6.07) is 10.9. The van der Waals surface area contributed by atoms with Gasteiger partial charge in [0, 0.05) is 36.5 Å². The molecule has 1 aliphatic rings. The fourth-order valence-electron chi connectivity index (χ4n) is 3.11. The van der Waals surface area contributed by atoms with Crippen LogP contribution in [0.2, 0.25) is 0 Å². The lowest BCUT2D eigenvalue weighted by molar-refractivity contribution is -0.137. The molecule has 0 aliphatic carbocycles. The first-order valence-corrected chi connectivity index (χ1v) is 8.54. The number of rotatable bonds is 4. The van der Waals surface area contributed by atoms with Gasteiger partial charge in [-0.05, 0) is 37.1 Å². The number of aliphatic imine (C=N–C) groups is 1. The number of benzene rings is 1. The van der Waals surface area contributed by atoms with E-state index in [-0.39, 0.29) is 5.84 Å². The van der Waals surface area contributed by atoms with Crippen LogP contribution >= 0.6 is 0 Å². The summed E-state index contributed by atoms with van der Waals surface area (Å²) in [6.07, 6.45) is -0.614. The predicted octanol–water partition coefficient (Wildman–Crippen LogP) is 3.64. The third-order valence-electron chi connectivity index (χ3n) is 4.62. The van der Waals surface area contributed by atoms with E-state index in [2.05, 4.69) is 14.9 Å². The molecular weight excluding hydrogens is 341 g/mol. The number of alkyl halides is 3. The molecule has 0 atom stereocenters. The second-order valence-electron chi connectivity index (χ2n) is 6.41. The average molecular weight is 362 g/mol. The molecule has 0 radical (unpaired) electrons. The maximum absolute atomic E-state index is 12.8. The van der Waals surface area contributed by atoms with Crippen molar-refractivity contribution in [2.45, 2.75) is 24.9 Å². The first kappa shape index (κ1) is 18.4. The minimum Gasteiger partial charge on any atom is -0.383 e. The van der Waals surface area contributed by atoms with E-state index in [1.54, 1.807) is 6.07 Å². The molecule has 138 valence electrons. The Hall–Kier alpha value is -2.41. The van der Waals surface area contributed by atoms with Crippen molar-refractivity contribution in [2.24, 2.45) is 10.7 Å². The number of halogens is 3. The van der Waals surface area contributed by atoms with Crippen molar-refractivity contribution < 1.29 is 13.2 Å². The molecule has 2 aromatic rings. The molecule has 4 nitrogen and oxygen atoms in total. The molecule has 1 aromatic heterocycles. The van der Waals surface area contributed by atoms with Crippen LogP contribution in [-0.4, -0.2) is 35.5 Å². The molecular formula is C19H21F3N4. The first-order valence-electron chi connectivity index (χ1n) is 8.54. The van der Waals surface area contributed by atoms with Crippen LogP contribution < -0.4 is 5.73 Å². The molecule has 2 N–H and O–H groups in total. The third-order valence-corrected chi connectivity index (χ3v) is 4.62. The molecule has 0 spiro atoms. The highest BCUT2D eigenvalue weighted by molar-refractivity contribution is 5.97. The van der Waals surface area contributed by atoms with Gasteiger partial charge in [-0.15, -0.1) is 0 Å². The number of nitrogens with zero attached hydrogens (tertiary/aromatic N) is 3. The summed E-state index contributed by atoms with van der Waals surface area (Å²) < 4.78 is 38.4. The van der Waals surface area contributed by atoms with Gasteiger partial charge in [-0.2, -0.15) is 13.2 Å². The van der Waals surface area contributed by atoms with Gasteiger partial charge in [0.05, 0.1) is 12.2 Å². The lowest BCUT2D eigenvalue weighted by Crippen LogP contribution is -2.34. The van der Waals surface area contributed by atoms with Crippen LogP contribution in [0.15, 0.2) is 53.7 Å². The number of nitrogens with two attached hydrogens (primary N) is 1. The number of likely N-dealkylation sites (tertiary alicyclic amines) is 1. The predicted molar refractivity (Wildman–Crippen MR) is 94.8 cm³/mol. The van der Waals surface area contributed by atoms with Crippen molar-refractivity contribution in [2.75, 3.05) is 19.8 Å². The van der Waals surface area contributed by atoms with Gasteiger partial charge >= 0.3 is 6.18 Å². The van der Waals surface area contributed by atoms with Crippen LogP contribution in [0.25, 0.3) is 0 Å². The van der Waals surface area contributed by atoms with E-state index in [1.807, 2.05) is 24.4 Å². The highest BCUT2D eigenvalue weighted by Crippen LogP contribution is 2.29. The molecule has 3 rings (SSSR count). The lowest BCUT2D eigenvalue weighted by Gasteiger charge is -2.30. The Labute approximate surface area is 150 Å². The number of piperidine rings is 1. The summed E-state index contributed by atoms with van der Waals surface area (Å²) in [7, 11) is 0. The summed E-state index contributed by atoms with van der Waals surface area (Å²) in [5.74, 6) is 0.570. The normalized spacial score (nSPS) is 17.4. The van der Waals surface area contributed by atoms with E-state index in [1.165, 1.54) is 6.07 Å². The Morgan fingerprint density at radius 1 is 1.15 bits per heavy atom. The largest absolute Gasteiger partial charge is 0.416 e. The minimum atomic E-state index is -4.39. The van der Waals surface area contributed by atoms with Gasteiger partial charge in [0.15, 0.2) is 0 Å². The summed E-state index contributed by atoms with van der Waals surface area (Å²) in [4.78, 5) is 10.8. The monoisotopic (exact) mass is 362 g/mol. The molecule has 0 unspecified atom stereocenters. The summed E-state index contributed by atoms with van der Waals surface area (Å²) in [5.41, 5.74) is 6.58. The van der Waals surface area contributed by atoms with Gasteiger partial charge in [-0.25, -0.2) is 0 Å². The van der Waals surface area contributed by atoms with Crippen molar-refractivity contribution >= 4 is 5.84 Å². The van der Waals surface area contributed by atoms with E-state index >= 15 is 0 Å². The van der Waals surface area contributed by atoms with Crippen LogP contribution in [0, 0.1) is 0 Å². The molecule has 1 aliphatic heterocycles. The fraction of sp³-hybridized carbons (Fsp3) is 0.368. The Morgan fingerprint density at radius 3 is 2.58 bits per heavy atom. The van der Waals surface area contributed by atoms with E-state index in [0.29, 0.717) is 18.2 Å². The standard InChI is InChI=1S/C19H21F3N4/c20-19(21,22)16-5-3-4-15(12-16)18(23)25-13-26-10-7-14(8-11-26)17-6-1-2-9-24-17/h1-6,9,12,14H,7-8,10-11,13H2,(H2,23,25). The Bertz CT molecular complexity index is 751. The zero-order valence-electron chi connectivity index (χ0n) is 14.3. The first-order chi connectivity index (χ1) is 12.4. The summed E-state index contributed by atoms with van der Waals surface area (Å²) in [6.45, 7) is 2.11. The van der Waals surface area contributed by atoms with Gasteiger partial charge in [0.2, 0.25) is 0 Å². The van der Waals surface area contributed by atoms with Gasteiger partial charge in [-0.3, -0.25) is 14.9 Å². The zero-order chi connectivity index (χ0) is 18.6. The topological polar surface area (TPSA) is 54.5 Å². The van der Waals surface area contributed by atoms with Gasteiger partial charge in [-0.1, -0.05) is 18.2 Å². The SMILES string of the molecule is NC(=NCN1CCC(c2ccccn2)CC1)c1cccc(C(F)(F)F)c1. The molecule has 26 heavy (non-hydrogen) atoms. The molecule has 7 heteroatoms. The van der Waals surface area contributed by atoms with Crippen molar-refractivity contribution in [3.8, 4) is 0 Å². The molecule has 1 saturated heterocycles. The number of amidine groups is 1. The quantitative estimate of drug-likeness (QED) is 0.667. The van der Waals surface area contributed by atoms with E-state index < -0.39 is 11.7 Å². The Kier molecular flexibility index (Phi) is 5.56. The van der Waals surface area contributed by atoms with Gasteiger partial charge in [0.25, 0.3) is 0 Å². The van der Waals surface area contributed by atoms with Crippen molar-refractivity contribution in [1.29, 1.82) is 0 Å². The summed E-state index contributed by atoms with van der Waals surface area (Å²) >= 11 is 0. The number of hydrogen-bond acceptors (Lipinski definition) is 3. The van der Waals surface area contributed by atoms with Gasteiger partial charge < -0.3 is 5.73 Å². The molecule has 1 aromatic carbocycles. The highest BCUT2D eigenvalue weighted by atomic mass is 19.4. The second kappa shape index (κ2) is 7.86. The number of hydrogen-bond donors (Lipinski definition) is 1. The molecule has 0 amide bonds. The second-order valence-corrected chi connectivity index (χ2v) is 6.41. The maximum atomic E-state index is 12.8. The Balaban J connectivity index is 1.57. The minimum absolute atomic E-state index is 0.128. The van der Waals surface area contributed by atoms with Crippen LogP contribution in [-0.2, 0) is 6.18 Å². The van der Waals surface area contributed by atoms with E-state index in [0.717, 1.165) is 43.8 Å². The van der Waals surface area contributed by atoms with E-state index in [9.17, 15) is 13.2 Å². The molecule has 0 saturated carbocycles. The zero-order valence-corrected chi connectivity index (χ0v) is 14.3. The van der Waals surface area contributed by atoms with Crippen LogP contribution in [0.4, 0.5) is 13.2 Å². The van der Waals surface area contributed by atoms with E-state index in [4.69, 9.17) is 5.73 Å². The van der Waals surface area contributed by atoms with Crippen molar-refractivity contribution in [3.63, 3.8) is 0 Å². The van der Waals surface area contributed by atoms with Crippen molar-refractivity contribution in [1.82, 2.24) is 9.88 Å². The molecule has 2 heterocycles. The number of aromatic nitrogens is 1. The summed E-state index contributed by atoms with van der Waals surface area (Å²) in [5, 5.41) is 0.